The van der Waals surface area contributed by atoms with Gasteiger partial charge in [0.25, 0.3) is 0 Å². The number of hydrogen-bond acceptors (Lipinski definition) is 4. The Kier molecular flexibility index (Phi) is 7.30. The monoisotopic (exact) mass is 267 g/mol. The van der Waals surface area contributed by atoms with Gasteiger partial charge in [0.05, 0.1) is 27.4 Å². The fraction of sp³-hybridized carbons (Fsp3) is 0.600. The summed E-state index contributed by atoms with van der Waals surface area (Å²) >= 11 is 0. The largest absolute Gasteiger partial charge is 0.493 e. The summed E-state index contributed by atoms with van der Waals surface area (Å²) < 4.78 is 16.1. The molecule has 108 valence electrons. The molecule has 0 amide bonds. The van der Waals surface area contributed by atoms with Crippen LogP contribution >= 0.6 is 0 Å². The van der Waals surface area contributed by atoms with E-state index < -0.39 is 0 Å². The Labute approximate surface area is 116 Å². The first-order valence-electron chi connectivity index (χ1n) is 6.69. The minimum absolute atomic E-state index is 0.509. The topological polar surface area (TPSA) is 39.7 Å². The molecule has 0 saturated carbocycles. The SMILES string of the molecule is COc1ccc(CCOCCNC(C)C)cc1OC. The molecule has 0 aliphatic heterocycles. The van der Waals surface area contributed by atoms with Crippen LogP contribution in [0.25, 0.3) is 0 Å². The lowest BCUT2D eigenvalue weighted by Gasteiger charge is -2.10. The van der Waals surface area contributed by atoms with Crippen LogP contribution in [0.5, 0.6) is 11.5 Å². The van der Waals surface area contributed by atoms with Crippen LogP contribution in [0.15, 0.2) is 18.2 Å². The normalized spacial score (nSPS) is 10.8. The van der Waals surface area contributed by atoms with E-state index in [4.69, 9.17) is 14.2 Å². The maximum absolute atomic E-state index is 5.58. The van der Waals surface area contributed by atoms with Crippen LogP contribution < -0.4 is 14.8 Å². The number of ether oxygens (including phenoxy) is 3. The molecule has 4 nitrogen and oxygen atoms in total. The summed E-state index contributed by atoms with van der Waals surface area (Å²) in [5.74, 6) is 1.52. The zero-order valence-corrected chi connectivity index (χ0v) is 12.4. The molecule has 0 saturated heterocycles. The Morgan fingerprint density at radius 2 is 1.79 bits per heavy atom. The van der Waals surface area contributed by atoms with Crippen LogP contribution in [0.3, 0.4) is 0 Å². The molecule has 0 radical (unpaired) electrons. The lowest BCUT2D eigenvalue weighted by Crippen LogP contribution is -2.26. The standard InChI is InChI=1S/C15H25NO3/c1-12(2)16-8-10-19-9-7-13-5-6-14(17-3)15(11-13)18-4/h5-6,11-12,16H,7-10H2,1-4H3. The highest BCUT2D eigenvalue weighted by atomic mass is 16.5. The molecule has 0 fully saturated rings. The predicted octanol–water partition coefficient (Wildman–Crippen LogP) is 2.26. The Bertz CT molecular complexity index is 366. The second-order valence-electron chi connectivity index (χ2n) is 4.66. The molecular formula is C15H25NO3. The highest BCUT2D eigenvalue weighted by molar-refractivity contribution is 5.42. The van der Waals surface area contributed by atoms with Crippen molar-refractivity contribution in [2.45, 2.75) is 26.3 Å². The summed E-state index contributed by atoms with van der Waals surface area (Å²) in [4.78, 5) is 0. The van der Waals surface area contributed by atoms with Crippen LogP contribution in [0.4, 0.5) is 0 Å². The molecule has 1 aromatic rings. The molecule has 0 aliphatic carbocycles. The summed E-state index contributed by atoms with van der Waals surface area (Å²) in [6, 6.07) is 6.47. The fourth-order valence-corrected chi connectivity index (χ4v) is 1.75. The lowest BCUT2D eigenvalue weighted by atomic mass is 10.1. The van der Waals surface area contributed by atoms with Crippen molar-refractivity contribution in [2.75, 3.05) is 34.0 Å². The van der Waals surface area contributed by atoms with Crippen molar-refractivity contribution >= 4 is 0 Å². The van der Waals surface area contributed by atoms with Gasteiger partial charge in [-0.25, -0.2) is 0 Å². The fourth-order valence-electron chi connectivity index (χ4n) is 1.75. The van der Waals surface area contributed by atoms with Gasteiger partial charge in [-0.15, -0.1) is 0 Å². The van der Waals surface area contributed by atoms with E-state index in [9.17, 15) is 0 Å². The van der Waals surface area contributed by atoms with Crippen LogP contribution in [-0.4, -0.2) is 40.0 Å². The first-order valence-corrected chi connectivity index (χ1v) is 6.69. The van der Waals surface area contributed by atoms with Gasteiger partial charge in [-0.05, 0) is 24.1 Å². The third-order valence-electron chi connectivity index (χ3n) is 2.78. The van der Waals surface area contributed by atoms with Gasteiger partial charge in [-0.2, -0.15) is 0 Å². The van der Waals surface area contributed by atoms with Gasteiger partial charge in [0.2, 0.25) is 0 Å². The Hall–Kier alpha value is -1.26. The molecule has 0 bridgehead atoms. The van der Waals surface area contributed by atoms with E-state index in [1.807, 2.05) is 18.2 Å². The Morgan fingerprint density at radius 3 is 2.42 bits per heavy atom. The maximum atomic E-state index is 5.58. The second-order valence-corrected chi connectivity index (χ2v) is 4.66. The first kappa shape index (κ1) is 15.8. The van der Waals surface area contributed by atoms with E-state index in [-0.39, 0.29) is 0 Å². The molecule has 0 aliphatic rings. The summed E-state index contributed by atoms with van der Waals surface area (Å²) in [6.45, 7) is 6.61. The van der Waals surface area contributed by atoms with E-state index in [1.165, 1.54) is 5.56 Å². The Morgan fingerprint density at radius 1 is 1.05 bits per heavy atom. The number of methoxy groups -OCH3 is 2. The van der Waals surface area contributed by atoms with Gasteiger partial charge >= 0.3 is 0 Å². The quantitative estimate of drug-likeness (QED) is 0.697. The summed E-state index contributed by atoms with van der Waals surface area (Å²) in [6.07, 6.45) is 0.877. The smallest absolute Gasteiger partial charge is 0.160 e. The molecule has 0 atom stereocenters. The average molecular weight is 267 g/mol. The molecule has 1 N–H and O–H groups in total. The van der Waals surface area contributed by atoms with E-state index >= 15 is 0 Å². The van der Waals surface area contributed by atoms with Crippen LogP contribution in [0.2, 0.25) is 0 Å². The zero-order valence-electron chi connectivity index (χ0n) is 12.4. The zero-order chi connectivity index (χ0) is 14.1. The van der Waals surface area contributed by atoms with Gasteiger partial charge in [-0.3, -0.25) is 0 Å². The first-order chi connectivity index (χ1) is 9.17. The summed E-state index contributed by atoms with van der Waals surface area (Å²) in [5.41, 5.74) is 1.19. The van der Waals surface area contributed by atoms with Gasteiger partial charge in [0.1, 0.15) is 0 Å². The minimum atomic E-state index is 0.509. The average Bonchev–Trinajstić information content (AvgIpc) is 2.42. The van der Waals surface area contributed by atoms with Crippen LogP contribution in [0.1, 0.15) is 19.4 Å². The molecule has 1 rings (SSSR count). The molecule has 0 heterocycles. The number of nitrogens with one attached hydrogen (secondary N) is 1. The number of rotatable bonds is 9. The van der Waals surface area contributed by atoms with E-state index in [1.54, 1.807) is 14.2 Å². The van der Waals surface area contributed by atoms with Gasteiger partial charge in [0, 0.05) is 12.6 Å². The van der Waals surface area contributed by atoms with E-state index in [0.29, 0.717) is 6.04 Å². The van der Waals surface area contributed by atoms with Crippen LogP contribution in [0, 0.1) is 0 Å². The highest BCUT2D eigenvalue weighted by Crippen LogP contribution is 2.27. The highest BCUT2D eigenvalue weighted by Gasteiger charge is 2.04. The third kappa shape index (κ3) is 5.94. The van der Waals surface area contributed by atoms with E-state index in [2.05, 4.69) is 19.2 Å². The van der Waals surface area contributed by atoms with Crippen molar-refractivity contribution in [1.82, 2.24) is 5.32 Å². The van der Waals surface area contributed by atoms with Gasteiger partial charge in [-0.1, -0.05) is 19.9 Å². The number of benzene rings is 1. The van der Waals surface area contributed by atoms with Gasteiger partial charge < -0.3 is 19.5 Å². The predicted molar refractivity (Wildman–Crippen MR) is 77.2 cm³/mol. The molecular weight excluding hydrogens is 242 g/mol. The van der Waals surface area contributed by atoms with Crippen molar-refractivity contribution < 1.29 is 14.2 Å². The van der Waals surface area contributed by atoms with Crippen molar-refractivity contribution in [3.05, 3.63) is 23.8 Å². The van der Waals surface area contributed by atoms with E-state index in [0.717, 1.165) is 37.7 Å². The third-order valence-corrected chi connectivity index (χ3v) is 2.78. The molecule has 19 heavy (non-hydrogen) atoms. The molecule has 4 heteroatoms. The van der Waals surface area contributed by atoms with Crippen LogP contribution in [-0.2, 0) is 11.2 Å². The van der Waals surface area contributed by atoms with Crippen molar-refractivity contribution in [3.63, 3.8) is 0 Å². The molecule has 0 spiro atoms. The minimum Gasteiger partial charge on any atom is -0.493 e. The lowest BCUT2D eigenvalue weighted by molar-refractivity contribution is 0.137. The summed E-state index contributed by atoms with van der Waals surface area (Å²) in [7, 11) is 3.29. The van der Waals surface area contributed by atoms with Crippen molar-refractivity contribution in [2.24, 2.45) is 0 Å². The maximum Gasteiger partial charge on any atom is 0.160 e. The number of hydrogen-bond donors (Lipinski definition) is 1. The molecule has 0 unspecified atom stereocenters. The molecule has 0 aromatic heterocycles. The summed E-state index contributed by atoms with van der Waals surface area (Å²) in [5, 5.41) is 3.32. The van der Waals surface area contributed by atoms with Crippen molar-refractivity contribution in [1.29, 1.82) is 0 Å². The molecule has 1 aromatic carbocycles. The van der Waals surface area contributed by atoms with Gasteiger partial charge in [0.15, 0.2) is 11.5 Å². The Balaban J connectivity index is 2.29. The second kappa shape index (κ2) is 8.77. The van der Waals surface area contributed by atoms with Crippen molar-refractivity contribution in [3.8, 4) is 11.5 Å².